The highest BCUT2D eigenvalue weighted by Crippen LogP contribution is 2.48. The number of carbonyl (C=O) groups is 1. The number of aromatic nitrogens is 2. The summed E-state index contributed by atoms with van der Waals surface area (Å²) < 4.78 is 11.1. The summed E-state index contributed by atoms with van der Waals surface area (Å²) in [5.41, 5.74) is 10.3. The van der Waals surface area contributed by atoms with E-state index in [1.807, 2.05) is 38.4 Å². The van der Waals surface area contributed by atoms with E-state index >= 15 is 0 Å². The third kappa shape index (κ3) is 3.88. The van der Waals surface area contributed by atoms with Crippen molar-refractivity contribution in [3.8, 4) is 0 Å². The van der Waals surface area contributed by atoms with Crippen LogP contribution in [0.4, 0.5) is 5.69 Å². The fraction of sp³-hybridized carbons (Fsp3) is 0.184. The predicted molar refractivity (Wildman–Crippen MR) is 176 cm³/mol. The fourth-order valence-corrected chi connectivity index (χ4v) is 6.85. The summed E-state index contributed by atoms with van der Waals surface area (Å²) in [5, 5.41) is 2.33. The zero-order valence-electron chi connectivity index (χ0n) is 25.5. The van der Waals surface area contributed by atoms with Crippen LogP contribution in [0.3, 0.4) is 0 Å². The first-order valence-corrected chi connectivity index (χ1v) is 14.7. The Hall–Kier alpha value is -5.03. The first-order valence-electron chi connectivity index (χ1n) is 14.7. The molecule has 5 nitrogen and oxygen atoms in total. The number of rotatable bonds is 5. The lowest BCUT2D eigenvalue weighted by Gasteiger charge is -2.29. The largest absolute Gasteiger partial charge is 0.441 e. The maximum atomic E-state index is 13.6. The smallest absolute Gasteiger partial charge is 0.340 e. The molecule has 0 amide bonds. The number of hydrogen-bond acceptors (Lipinski definition) is 3. The molecule has 0 saturated carbocycles. The molecule has 0 aliphatic carbocycles. The van der Waals surface area contributed by atoms with Gasteiger partial charge in [0.2, 0.25) is 0 Å². The number of ether oxygens (including phenoxy) is 1. The van der Waals surface area contributed by atoms with Crippen LogP contribution in [0.2, 0.25) is 0 Å². The van der Waals surface area contributed by atoms with Gasteiger partial charge in [-0.1, -0.05) is 66.7 Å². The van der Waals surface area contributed by atoms with Gasteiger partial charge < -0.3 is 18.8 Å². The third-order valence-electron chi connectivity index (χ3n) is 9.30. The molecule has 3 heterocycles. The Labute approximate surface area is 252 Å². The van der Waals surface area contributed by atoms with Crippen LogP contribution in [0.5, 0.6) is 0 Å². The number of cyclic esters (lactones) is 1. The zero-order chi connectivity index (χ0) is 30.0. The SMILES string of the molecule is Cc1c(C(=CC2(c3ccc(N(C)C)cc3)OC(=O)c3ccccc32)c2c(C)n(C)c3ccccc23)c2ccccc2n1C. The molecule has 0 spiro atoms. The first kappa shape index (κ1) is 26.8. The molecule has 7 rings (SSSR count). The first-order chi connectivity index (χ1) is 20.7. The molecular formula is C38H35N3O2. The van der Waals surface area contributed by atoms with Gasteiger partial charge in [-0.3, -0.25) is 0 Å². The van der Waals surface area contributed by atoms with Crippen LogP contribution in [0.15, 0.2) is 103 Å². The maximum Gasteiger partial charge on any atom is 0.340 e. The molecule has 2 aromatic heterocycles. The van der Waals surface area contributed by atoms with E-state index in [1.165, 1.54) is 0 Å². The van der Waals surface area contributed by atoms with Crippen LogP contribution in [0, 0.1) is 13.8 Å². The van der Waals surface area contributed by atoms with Crippen molar-refractivity contribution < 1.29 is 9.53 Å². The Balaban J connectivity index is 1.64. The summed E-state index contributed by atoms with van der Waals surface area (Å²) in [5.74, 6) is -0.313. The number of carbonyl (C=O) groups excluding carboxylic acids is 1. The summed E-state index contributed by atoms with van der Waals surface area (Å²) in [6.45, 7) is 4.35. The number of anilines is 1. The number of fused-ring (bicyclic) bond motifs is 3. The van der Waals surface area contributed by atoms with Gasteiger partial charge in [0.15, 0.2) is 5.60 Å². The topological polar surface area (TPSA) is 39.4 Å². The van der Waals surface area contributed by atoms with Gasteiger partial charge in [0.25, 0.3) is 0 Å². The monoisotopic (exact) mass is 565 g/mol. The van der Waals surface area contributed by atoms with Crippen LogP contribution in [0.1, 0.15) is 44.0 Å². The Kier molecular flexibility index (Phi) is 6.10. The minimum atomic E-state index is -1.12. The fourth-order valence-electron chi connectivity index (χ4n) is 6.85. The summed E-state index contributed by atoms with van der Waals surface area (Å²) in [4.78, 5) is 15.7. The highest BCUT2D eigenvalue weighted by molar-refractivity contribution is 6.06. The Morgan fingerprint density at radius 1 is 0.721 bits per heavy atom. The Morgan fingerprint density at radius 2 is 1.23 bits per heavy atom. The third-order valence-corrected chi connectivity index (χ3v) is 9.30. The lowest BCUT2D eigenvalue weighted by molar-refractivity contribution is 0.0276. The van der Waals surface area contributed by atoms with Crippen LogP contribution in [-0.2, 0) is 24.4 Å². The standard InChI is InChI=1S/C38H35N3O2/c1-24-35(29-14-8-11-17-33(29)40(24)5)31(36-25(2)41(6)34-18-12-9-15-30(34)36)23-38(26-19-21-27(22-20-26)39(3)4)32-16-10-7-13-28(32)37(42)43-38/h7-23H,1-6H3. The molecular weight excluding hydrogens is 530 g/mol. The molecule has 0 fully saturated rings. The zero-order valence-corrected chi connectivity index (χ0v) is 25.5. The number of nitrogens with zero attached hydrogens (tertiary/aromatic N) is 3. The number of aryl methyl sites for hydroxylation is 2. The van der Waals surface area contributed by atoms with Gasteiger partial charge in [-0.15, -0.1) is 0 Å². The van der Waals surface area contributed by atoms with Gasteiger partial charge in [0.1, 0.15) is 0 Å². The average Bonchev–Trinajstić information content (AvgIpc) is 3.56. The molecule has 214 valence electrons. The molecule has 0 bridgehead atoms. The van der Waals surface area contributed by atoms with E-state index in [4.69, 9.17) is 4.74 Å². The predicted octanol–water partition coefficient (Wildman–Crippen LogP) is 7.90. The Bertz CT molecular complexity index is 2000. The minimum absolute atomic E-state index is 0.313. The number of para-hydroxylation sites is 2. The van der Waals surface area contributed by atoms with E-state index in [9.17, 15) is 4.79 Å². The van der Waals surface area contributed by atoms with Crippen molar-refractivity contribution in [3.63, 3.8) is 0 Å². The number of benzene rings is 4. The van der Waals surface area contributed by atoms with E-state index in [1.54, 1.807) is 0 Å². The van der Waals surface area contributed by atoms with Crippen LogP contribution < -0.4 is 4.90 Å². The van der Waals surface area contributed by atoms with Crippen molar-refractivity contribution >= 4 is 39.0 Å². The molecule has 0 saturated heterocycles. The van der Waals surface area contributed by atoms with Crippen molar-refractivity contribution in [2.75, 3.05) is 19.0 Å². The summed E-state index contributed by atoms with van der Waals surface area (Å²) >= 11 is 0. The second kappa shape index (κ2) is 9.77. The molecule has 43 heavy (non-hydrogen) atoms. The van der Waals surface area contributed by atoms with E-state index in [-0.39, 0.29) is 5.97 Å². The summed E-state index contributed by atoms with van der Waals surface area (Å²) in [6, 6.07) is 33.2. The molecule has 0 N–H and O–H groups in total. The Morgan fingerprint density at radius 3 is 1.79 bits per heavy atom. The molecule has 5 heteroatoms. The molecule has 1 unspecified atom stereocenters. The molecule has 1 aliphatic heterocycles. The second-order valence-corrected chi connectivity index (χ2v) is 11.7. The minimum Gasteiger partial charge on any atom is -0.441 e. The second-order valence-electron chi connectivity index (χ2n) is 11.7. The van der Waals surface area contributed by atoms with Gasteiger partial charge >= 0.3 is 5.97 Å². The summed E-state index contributed by atoms with van der Waals surface area (Å²) in [7, 11) is 8.30. The lowest BCUT2D eigenvalue weighted by Crippen LogP contribution is -2.26. The van der Waals surface area contributed by atoms with E-state index < -0.39 is 5.60 Å². The lowest BCUT2D eigenvalue weighted by atomic mass is 9.81. The normalized spacial score (nSPS) is 16.0. The average molecular weight is 566 g/mol. The van der Waals surface area contributed by atoms with Crippen molar-refractivity contribution in [2.45, 2.75) is 19.4 Å². The van der Waals surface area contributed by atoms with Gasteiger partial charge in [0, 0.05) is 89.3 Å². The molecule has 6 aromatic rings. The van der Waals surface area contributed by atoms with Gasteiger partial charge in [-0.05, 0) is 55.8 Å². The molecule has 4 aromatic carbocycles. The molecule has 1 atom stereocenters. The van der Waals surface area contributed by atoms with Crippen molar-refractivity contribution in [3.05, 3.63) is 142 Å². The highest BCUT2D eigenvalue weighted by Gasteiger charge is 2.46. The molecule has 1 aliphatic rings. The van der Waals surface area contributed by atoms with Gasteiger partial charge in [0.05, 0.1) is 5.56 Å². The van der Waals surface area contributed by atoms with Crippen LogP contribution in [-0.4, -0.2) is 29.2 Å². The van der Waals surface area contributed by atoms with E-state index in [0.717, 1.165) is 66.7 Å². The number of hydrogen-bond donors (Lipinski definition) is 0. The summed E-state index contributed by atoms with van der Waals surface area (Å²) in [6.07, 6.45) is 2.21. The van der Waals surface area contributed by atoms with Crippen LogP contribution >= 0.6 is 0 Å². The van der Waals surface area contributed by atoms with E-state index in [0.29, 0.717) is 5.56 Å². The maximum absolute atomic E-state index is 13.6. The quantitative estimate of drug-likeness (QED) is 0.200. The number of esters is 1. The van der Waals surface area contributed by atoms with Gasteiger partial charge in [-0.25, -0.2) is 4.79 Å². The van der Waals surface area contributed by atoms with Crippen molar-refractivity contribution in [2.24, 2.45) is 14.1 Å². The van der Waals surface area contributed by atoms with Gasteiger partial charge in [-0.2, -0.15) is 0 Å². The van der Waals surface area contributed by atoms with Crippen molar-refractivity contribution in [1.82, 2.24) is 9.13 Å². The van der Waals surface area contributed by atoms with Crippen LogP contribution in [0.25, 0.3) is 27.4 Å². The van der Waals surface area contributed by atoms with E-state index in [2.05, 4.69) is 121 Å². The highest BCUT2D eigenvalue weighted by atomic mass is 16.6. The van der Waals surface area contributed by atoms with Crippen molar-refractivity contribution in [1.29, 1.82) is 0 Å². The molecule has 0 radical (unpaired) electrons.